The van der Waals surface area contributed by atoms with E-state index in [4.69, 9.17) is 0 Å². The van der Waals surface area contributed by atoms with E-state index in [-0.39, 0.29) is 23.5 Å². The molecule has 0 spiro atoms. The summed E-state index contributed by atoms with van der Waals surface area (Å²) in [7, 11) is 1.93. The van der Waals surface area contributed by atoms with Crippen molar-refractivity contribution in [1.29, 1.82) is 0 Å². The third kappa shape index (κ3) is 4.33. The lowest BCUT2D eigenvalue weighted by molar-refractivity contribution is -0.135. The zero-order valence-electron chi connectivity index (χ0n) is 15.2. The van der Waals surface area contributed by atoms with Crippen LogP contribution in [0.4, 0.5) is 14.9 Å². The molecule has 2 atom stereocenters. The van der Waals surface area contributed by atoms with Crippen LogP contribution in [0.5, 0.6) is 0 Å². The second-order valence-electron chi connectivity index (χ2n) is 7.19. The van der Waals surface area contributed by atoms with E-state index in [1.807, 2.05) is 11.9 Å². The molecule has 0 bridgehead atoms. The summed E-state index contributed by atoms with van der Waals surface area (Å²) in [4.78, 5) is 28.8. The lowest BCUT2D eigenvalue weighted by Crippen LogP contribution is -2.47. The second-order valence-corrected chi connectivity index (χ2v) is 7.19. The minimum absolute atomic E-state index is 0.145. The van der Waals surface area contributed by atoms with Crippen LogP contribution in [0.25, 0.3) is 0 Å². The highest BCUT2D eigenvalue weighted by atomic mass is 19.1. The lowest BCUT2D eigenvalue weighted by atomic mass is 9.97. The molecule has 6 nitrogen and oxygen atoms in total. The molecule has 2 aliphatic rings. The van der Waals surface area contributed by atoms with Gasteiger partial charge in [0.1, 0.15) is 5.82 Å². The summed E-state index contributed by atoms with van der Waals surface area (Å²) in [6.45, 7) is 3.49. The number of amides is 3. The van der Waals surface area contributed by atoms with Crippen LogP contribution in [0.3, 0.4) is 0 Å². The summed E-state index contributed by atoms with van der Waals surface area (Å²) >= 11 is 0. The summed E-state index contributed by atoms with van der Waals surface area (Å²) in [6, 6.07) is 5.76. The predicted molar refractivity (Wildman–Crippen MR) is 98.3 cm³/mol. The van der Waals surface area contributed by atoms with Crippen molar-refractivity contribution in [2.75, 3.05) is 45.1 Å². The Morgan fingerprint density at radius 1 is 1.15 bits per heavy atom. The Bertz CT molecular complexity index is 654. The molecular weight excluding hydrogens is 335 g/mol. The zero-order valence-corrected chi connectivity index (χ0v) is 15.2. The fraction of sp³-hybridized carbons (Fsp3) is 0.579. The first-order valence-corrected chi connectivity index (χ1v) is 9.32. The van der Waals surface area contributed by atoms with Crippen LogP contribution in [0.15, 0.2) is 24.3 Å². The molecule has 2 saturated heterocycles. The maximum Gasteiger partial charge on any atom is 0.321 e. The van der Waals surface area contributed by atoms with Crippen molar-refractivity contribution in [3.63, 3.8) is 0 Å². The van der Waals surface area contributed by atoms with E-state index in [9.17, 15) is 14.0 Å². The van der Waals surface area contributed by atoms with Gasteiger partial charge in [0.15, 0.2) is 0 Å². The maximum atomic E-state index is 13.7. The number of carbonyl (C=O) groups excluding carboxylic acids is 2. The molecule has 26 heavy (non-hydrogen) atoms. The lowest BCUT2D eigenvalue weighted by Gasteiger charge is -2.34. The topological polar surface area (TPSA) is 64.7 Å². The van der Waals surface area contributed by atoms with Crippen LogP contribution in [0, 0.1) is 17.7 Å². The van der Waals surface area contributed by atoms with Gasteiger partial charge in [-0.05, 0) is 50.9 Å². The average molecular weight is 362 g/mol. The molecule has 0 saturated carbocycles. The Morgan fingerprint density at radius 2 is 1.96 bits per heavy atom. The fourth-order valence-corrected chi connectivity index (χ4v) is 3.87. The van der Waals surface area contributed by atoms with Gasteiger partial charge < -0.3 is 20.4 Å². The molecule has 0 radical (unpaired) electrons. The smallest absolute Gasteiger partial charge is 0.321 e. The van der Waals surface area contributed by atoms with Crippen LogP contribution in [0.1, 0.15) is 19.3 Å². The number of rotatable bonds is 4. The quantitative estimate of drug-likeness (QED) is 0.863. The van der Waals surface area contributed by atoms with E-state index in [1.165, 1.54) is 12.1 Å². The number of carbonyl (C=O) groups is 2. The van der Waals surface area contributed by atoms with Gasteiger partial charge in [0.05, 0.1) is 11.6 Å². The van der Waals surface area contributed by atoms with Crippen LogP contribution in [-0.2, 0) is 4.79 Å². The number of urea groups is 1. The molecule has 2 aliphatic heterocycles. The number of para-hydroxylation sites is 1. The SMILES string of the molecule is CNCC1CCN(C(=O)C2CCCN(C(=O)Nc3ccccc3F)C2)C1. The van der Waals surface area contributed by atoms with E-state index in [2.05, 4.69) is 10.6 Å². The monoisotopic (exact) mass is 362 g/mol. The van der Waals surface area contributed by atoms with Gasteiger partial charge >= 0.3 is 6.03 Å². The summed E-state index contributed by atoms with van der Waals surface area (Å²) in [5.74, 6) is 0.0292. The molecule has 3 amide bonds. The molecule has 142 valence electrons. The van der Waals surface area contributed by atoms with E-state index in [0.29, 0.717) is 19.0 Å². The Morgan fingerprint density at radius 3 is 2.73 bits per heavy atom. The molecule has 1 aromatic rings. The number of piperidine rings is 1. The van der Waals surface area contributed by atoms with E-state index in [0.717, 1.165) is 38.9 Å². The number of likely N-dealkylation sites (tertiary alicyclic amines) is 2. The number of hydrogen-bond donors (Lipinski definition) is 2. The molecular formula is C19H27FN4O2. The molecule has 1 aromatic carbocycles. The largest absolute Gasteiger partial charge is 0.342 e. The summed E-state index contributed by atoms with van der Waals surface area (Å²) in [5.41, 5.74) is 0.167. The summed E-state index contributed by atoms with van der Waals surface area (Å²) in [6.07, 6.45) is 2.61. The minimum atomic E-state index is -0.460. The van der Waals surface area contributed by atoms with E-state index >= 15 is 0 Å². The number of hydrogen-bond acceptors (Lipinski definition) is 3. The van der Waals surface area contributed by atoms with Crippen molar-refractivity contribution >= 4 is 17.6 Å². The Balaban J connectivity index is 1.56. The fourth-order valence-electron chi connectivity index (χ4n) is 3.87. The number of benzene rings is 1. The van der Waals surface area contributed by atoms with Crippen LogP contribution < -0.4 is 10.6 Å². The number of nitrogens with one attached hydrogen (secondary N) is 2. The first-order chi connectivity index (χ1) is 12.6. The van der Waals surface area contributed by atoms with Gasteiger partial charge in [0.25, 0.3) is 0 Å². The normalized spacial score (nSPS) is 23.2. The van der Waals surface area contributed by atoms with Crippen molar-refractivity contribution in [3.05, 3.63) is 30.1 Å². The Labute approximate surface area is 153 Å². The van der Waals surface area contributed by atoms with Gasteiger partial charge in [-0.3, -0.25) is 4.79 Å². The molecule has 7 heteroatoms. The zero-order chi connectivity index (χ0) is 18.5. The van der Waals surface area contributed by atoms with Crippen LogP contribution in [0.2, 0.25) is 0 Å². The van der Waals surface area contributed by atoms with Crippen molar-refractivity contribution in [3.8, 4) is 0 Å². The van der Waals surface area contributed by atoms with Crippen molar-refractivity contribution in [2.24, 2.45) is 11.8 Å². The molecule has 2 fully saturated rings. The standard InChI is InChI=1S/C19H27FN4O2/c1-21-11-14-8-10-23(12-14)18(25)15-5-4-9-24(13-15)19(26)22-17-7-3-2-6-16(17)20/h2-3,6-7,14-15,21H,4-5,8-13H2,1H3,(H,22,26). The highest BCUT2D eigenvalue weighted by Gasteiger charge is 2.34. The number of nitrogens with zero attached hydrogens (tertiary/aromatic N) is 2. The maximum absolute atomic E-state index is 13.7. The highest BCUT2D eigenvalue weighted by molar-refractivity contribution is 5.90. The van der Waals surface area contributed by atoms with Crippen molar-refractivity contribution in [2.45, 2.75) is 19.3 Å². The van der Waals surface area contributed by atoms with Crippen molar-refractivity contribution in [1.82, 2.24) is 15.1 Å². The number of anilines is 1. The molecule has 0 aromatic heterocycles. The predicted octanol–water partition coefficient (Wildman–Crippen LogP) is 2.14. The molecule has 0 aliphatic carbocycles. The van der Waals surface area contributed by atoms with Gasteiger partial charge in [-0.15, -0.1) is 0 Å². The van der Waals surface area contributed by atoms with Crippen molar-refractivity contribution < 1.29 is 14.0 Å². The second kappa shape index (κ2) is 8.49. The van der Waals surface area contributed by atoms with Crippen LogP contribution >= 0.6 is 0 Å². The molecule has 2 unspecified atom stereocenters. The van der Waals surface area contributed by atoms with Gasteiger partial charge in [-0.2, -0.15) is 0 Å². The van der Waals surface area contributed by atoms with Gasteiger partial charge in [0.2, 0.25) is 5.91 Å². The third-order valence-corrected chi connectivity index (χ3v) is 5.26. The van der Waals surface area contributed by atoms with Gasteiger partial charge in [0, 0.05) is 26.2 Å². The molecule has 2 heterocycles. The number of halogens is 1. The minimum Gasteiger partial charge on any atom is -0.342 e. The molecule has 2 N–H and O–H groups in total. The molecule has 3 rings (SSSR count). The first-order valence-electron chi connectivity index (χ1n) is 9.32. The highest BCUT2D eigenvalue weighted by Crippen LogP contribution is 2.24. The van der Waals surface area contributed by atoms with Gasteiger partial charge in [-0.1, -0.05) is 12.1 Å². The van der Waals surface area contributed by atoms with Crippen LogP contribution in [-0.4, -0.2) is 61.5 Å². The Kier molecular flexibility index (Phi) is 6.08. The third-order valence-electron chi connectivity index (χ3n) is 5.26. The Hall–Kier alpha value is -2.15. The van der Waals surface area contributed by atoms with Gasteiger partial charge in [-0.25, -0.2) is 9.18 Å². The van der Waals surface area contributed by atoms with E-state index < -0.39 is 5.82 Å². The summed E-state index contributed by atoms with van der Waals surface area (Å²) < 4.78 is 13.7. The summed E-state index contributed by atoms with van der Waals surface area (Å²) in [5, 5.41) is 5.78. The first kappa shape index (κ1) is 18.6. The van der Waals surface area contributed by atoms with E-state index in [1.54, 1.807) is 17.0 Å². The average Bonchev–Trinajstić information content (AvgIpc) is 3.12.